The van der Waals surface area contributed by atoms with Gasteiger partial charge in [-0.15, -0.1) is 0 Å². The van der Waals surface area contributed by atoms with Gasteiger partial charge in [-0.05, 0) is 14.0 Å². The molecule has 0 aromatic carbocycles. The van der Waals surface area contributed by atoms with Gasteiger partial charge in [-0.1, -0.05) is 20.8 Å². The van der Waals surface area contributed by atoms with Crippen LogP contribution < -0.4 is 5.32 Å². The Kier molecular flexibility index (Phi) is 3.76. The average molecular weight is 252 g/mol. The second kappa shape index (κ2) is 4.65. The summed E-state index contributed by atoms with van der Waals surface area (Å²) in [6.45, 7) is 7.20. The Hall–Kier alpha value is -1.49. The number of hydrogen-bond acceptors (Lipinski definition) is 4. The van der Waals surface area contributed by atoms with Crippen molar-refractivity contribution >= 4 is 17.6 Å². The van der Waals surface area contributed by atoms with Crippen molar-refractivity contribution in [3.8, 4) is 0 Å². The molecular formula is C13H20N2O3. The molecule has 1 aliphatic rings. The van der Waals surface area contributed by atoms with Crippen LogP contribution in [-0.2, 0) is 14.4 Å². The second-order valence-corrected chi connectivity index (χ2v) is 5.73. The van der Waals surface area contributed by atoms with Gasteiger partial charge in [0.2, 0.25) is 0 Å². The topological polar surface area (TPSA) is 66.5 Å². The van der Waals surface area contributed by atoms with Crippen molar-refractivity contribution in [3.63, 3.8) is 0 Å². The van der Waals surface area contributed by atoms with Gasteiger partial charge < -0.3 is 5.32 Å². The van der Waals surface area contributed by atoms with Crippen LogP contribution in [0.4, 0.5) is 0 Å². The largest absolute Gasteiger partial charge is 0.317 e. The maximum absolute atomic E-state index is 12.5. The Bertz CT molecular complexity index is 402. The van der Waals surface area contributed by atoms with Gasteiger partial charge in [0, 0.05) is 24.1 Å². The number of carbonyl (C=O) groups is 3. The number of Topliss-reactive ketones (excluding diaryl/α,β-unsaturated/α-hetero) is 1. The summed E-state index contributed by atoms with van der Waals surface area (Å²) in [5, 5.41) is 2.88. The molecule has 0 aromatic rings. The summed E-state index contributed by atoms with van der Waals surface area (Å²) in [4.78, 5) is 37.1. The van der Waals surface area contributed by atoms with Gasteiger partial charge in [0.25, 0.3) is 11.8 Å². The van der Waals surface area contributed by atoms with Crippen molar-refractivity contribution < 1.29 is 14.4 Å². The van der Waals surface area contributed by atoms with Crippen molar-refractivity contribution in [2.75, 3.05) is 13.6 Å². The predicted octanol–water partition coefficient (Wildman–Crippen LogP) is 0.505. The van der Waals surface area contributed by atoms with Crippen molar-refractivity contribution in [1.29, 1.82) is 0 Å². The quantitative estimate of drug-likeness (QED) is 0.740. The highest BCUT2D eigenvalue weighted by atomic mass is 16.2. The van der Waals surface area contributed by atoms with Gasteiger partial charge in [-0.3, -0.25) is 19.3 Å². The Morgan fingerprint density at radius 3 is 1.94 bits per heavy atom. The van der Waals surface area contributed by atoms with Crippen LogP contribution in [0, 0.1) is 5.41 Å². The Labute approximate surface area is 107 Å². The average Bonchev–Trinajstić information content (AvgIpc) is 2.56. The van der Waals surface area contributed by atoms with Gasteiger partial charge in [0.1, 0.15) is 5.54 Å². The molecule has 1 atom stereocenters. The molecule has 0 aliphatic carbocycles. The molecule has 5 nitrogen and oxygen atoms in total. The number of imide groups is 1. The first kappa shape index (κ1) is 14.6. The first-order valence-corrected chi connectivity index (χ1v) is 5.90. The molecule has 0 saturated heterocycles. The normalized spacial score (nSPS) is 19.3. The van der Waals surface area contributed by atoms with Crippen LogP contribution in [0.15, 0.2) is 12.2 Å². The summed E-state index contributed by atoms with van der Waals surface area (Å²) >= 11 is 0. The van der Waals surface area contributed by atoms with Crippen LogP contribution in [0.5, 0.6) is 0 Å². The van der Waals surface area contributed by atoms with Crippen molar-refractivity contribution in [3.05, 3.63) is 12.2 Å². The first-order valence-electron chi connectivity index (χ1n) is 5.90. The van der Waals surface area contributed by atoms with Crippen molar-refractivity contribution in [2.45, 2.75) is 33.2 Å². The van der Waals surface area contributed by atoms with Crippen LogP contribution >= 0.6 is 0 Å². The van der Waals surface area contributed by atoms with Gasteiger partial charge in [-0.25, -0.2) is 0 Å². The lowest BCUT2D eigenvalue weighted by atomic mass is 9.78. The molecule has 1 rings (SSSR count). The number of rotatable bonds is 4. The monoisotopic (exact) mass is 252 g/mol. The van der Waals surface area contributed by atoms with Crippen molar-refractivity contribution in [1.82, 2.24) is 10.2 Å². The van der Waals surface area contributed by atoms with Crippen LogP contribution in [0.3, 0.4) is 0 Å². The minimum Gasteiger partial charge on any atom is -0.317 e. The Balaban J connectivity index is 3.20. The second-order valence-electron chi connectivity index (χ2n) is 5.73. The van der Waals surface area contributed by atoms with Crippen LogP contribution in [0.25, 0.3) is 0 Å². The smallest absolute Gasteiger partial charge is 0.254 e. The van der Waals surface area contributed by atoms with E-state index in [1.807, 2.05) is 0 Å². The molecule has 0 bridgehead atoms. The molecule has 100 valence electrons. The molecular weight excluding hydrogens is 232 g/mol. The molecule has 0 fully saturated rings. The van der Waals surface area contributed by atoms with Gasteiger partial charge in [-0.2, -0.15) is 0 Å². The number of nitrogens with zero attached hydrogens (tertiary/aromatic N) is 1. The lowest BCUT2D eigenvalue weighted by Crippen LogP contribution is -2.62. The summed E-state index contributed by atoms with van der Waals surface area (Å²) in [6, 6.07) is 0. The fourth-order valence-corrected chi connectivity index (χ4v) is 2.30. The zero-order valence-electron chi connectivity index (χ0n) is 11.5. The highest BCUT2D eigenvalue weighted by molar-refractivity contribution is 6.16. The predicted molar refractivity (Wildman–Crippen MR) is 67.8 cm³/mol. The van der Waals surface area contributed by atoms with E-state index in [-0.39, 0.29) is 12.3 Å². The zero-order chi connectivity index (χ0) is 14.1. The van der Waals surface area contributed by atoms with E-state index in [2.05, 4.69) is 5.32 Å². The summed E-state index contributed by atoms with van der Waals surface area (Å²) in [7, 11) is 1.69. The van der Waals surface area contributed by atoms with E-state index in [4.69, 9.17) is 0 Å². The lowest BCUT2D eigenvalue weighted by Gasteiger charge is -2.39. The van der Waals surface area contributed by atoms with Gasteiger partial charge in [0.15, 0.2) is 5.78 Å². The molecule has 0 saturated carbocycles. The maximum atomic E-state index is 12.5. The van der Waals surface area contributed by atoms with E-state index >= 15 is 0 Å². The van der Waals surface area contributed by atoms with Gasteiger partial charge in [0.05, 0.1) is 0 Å². The van der Waals surface area contributed by atoms with E-state index in [1.54, 1.807) is 34.7 Å². The Morgan fingerprint density at radius 1 is 1.17 bits per heavy atom. The minimum atomic E-state index is -1.16. The fourth-order valence-electron chi connectivity index (χ4n) is 2.30. The number of likely N-dealkylation sites (N-methyl/N-ethyl adjacent to an activating group) is 1. The molecule has 1 N–H and O–H groups in total. The summed E-state index contributed by atoms with van der Waals surface area (Å²) < 4.78 is 0. The molecule has 18 heavy (non-hydrogen) atoms. The third-order valence-corrected chi connectivity index (χ3v) is 2.99. The SMILES string of the molecule is CNC[C@](C)(C(=O)C(C)(C)C)N1C(=O)C=CC1=O. The number of carbonyl (C=O) groups excluding carboxylic acids is 3. The first-order chi connectivity index (χ1) is 8.14. The van der Waals surface area contributed by atoms with E-state index in [0.717, 1.165) is 4.90 Å². The minimum absolute atomic E-state index is 0.144. The summed E-state index contributed by atoms with van der Waals surface area (Å²) in [5.41, 5.74) is -1.79. The molecule has 0 aromatic heterocycles. The molecule has 0 spiro atoms. The van der Waals surface area contributed by atoms with Gasteiger partial charge >= 0.3 is 0 Å². The third kappa shape index (κ3) is 2.36. The molecule has 5 heteroatoms. The number of ketones is 1. The molecule has 0 radical (unpaired) electrons. The molecule has 0 unspecified atom stereocenters. The summed E-state index contributed by atoms with van der Waals surface area (Å²) in [6.07, 6.45) is 2.40. The number of hydrogen-bond donors (Lipinski definition) is 1. The van der Waals surface area contributed by atoms with E-state index in [0.29, 0.717) is 0 Å². The Morgan fingerprint density at radius 2 is 1.61 bits per heavy atom. The number of nitrogens with one attached hydrogen (secondary N) is 1. The number of amides is 2. The van der Waals surface area contributed by atoms with Crippen molar-refractivity contribution in [2.24, 2.45) is 5.41 Å². The molecule has 1 aliphatic heterocycles. The van der Waals surface area contributed by atoms with E-state index < -0.39 is 22.8 Å². The maximum Gasteiger partial charge on any atom is 0.254 e. The zero-order valence-corrected chi connectivity index (χ0v) is 11.5. The lowest BCUT2D eigenvalue weighted by molar-refractivity contribution is -0.153. The molecule has 2 amide bonds. The third-order valence-electron chi connectivity index (χ3n) is 2.99. The summed E-state index contributed by atoms with van der Waals surface area (Å²) in [5.74, 6) is -1.01. The standard InChI is InChI=1S/C13H20N2O3/c1-12(2,3)11(18)13(4,8-14-5)15-9(16)6-7-10(15)17/h6-7,14H,8H2,1-5H3/t13-/m1/s1. The van der Waals surface area contributed by atoms with Crippen LogP contribution in [0.2, 0.25) is 0 Å². The van der Waals surface area contributed by atoms with E-state index in [1.165, 1.54) is 12.2 Å². The fraction of sp³-hybridized carbons (Fsp3) is 0.615. The van der Waals surface area contributed by atoms with Crippen LogP contribution in [-0.4, -0.2) is 41.6 Å². The highest BCUT2D eigenvalue weighted by Crippen LogP contribution is 2.29. The van der Waals surface area contributed by atoms with Crippen LogP contribution in [0.1, 0.15) is 27.7 Å². The highest BCUT2D eigenvalue weighted by Gasteiger charge is 2.49. The van der Waals surface area contributed by atoms with E-state index in [9.17, 15) is 14.4 Å². The molecule has 1 heterocycles.